The molecule has 19 heavy (non-hydrogen) atoms. The number of pyridine rings is 1. The van der Waals surface area contributed by atoms with Gasteiger partial charge in [0.2, 0.25) is 0 Å². The quantitative estimate of drug-likeness (QED) is 0.758. The maximum absolute atomic E-state index is 5.88. The third-order valence-corrected chi connectivity index (χ3v) is 4.18. The van der Waals surface area contributed by atoms with Gasteiger partial charge in [0.1, 0.15) is 11.3 Å². The minimum absolute atomic E-state index is 0.580. The van der Waals surface area contributed by atoms with Crippen LogP contribution in [0.1, 0.15) is 26.6 Å². The summed E-state index contributed by atoms with van der Waals surface area (Å²) >= 11 is 9.32. The molecule has 0 aromatic carbocycles. The smallest absolute Gasteiger partial charge is 0.160 e. The second-order valence-electron chi connectivity index (χ2n) is 5.30. The van der Waals surface area contributed by atoms with Crippen LogP contribution in [0.25, 0.3) is 11.2 Å². The van der Waals surface area contributed by atoms with Crippen molar-refractivity contribution in [3.63, 3.8) is 0 Å². The number of fused-ring (bicyclic) bond motifs is 1. The summed E-state index contributed by atoms with van der Waals surface area (Å²) in [6, 6.07) is 2.01. The molecule has 1 atom stereocenters. The van der Waals surface area contributed by atoms with Gasteiger partial charge in [-0.15, -0.1) is 11.6 Å². The number of aryl methyl sites for hydroxylation is 1. The Hall–Kier alpha value is -0.610. The predicted octanol–water partition coefficient (Wildman–Crippen LogP) is 4.27. The number of aromatic nitrogens is 3. The molecule has 3 nitrogen and oxygen atoms in total. The molecule has 0 aliphatic rings. The zero-order valence-electron chi connectivity index (χ0n) is 11.5. The van der Waals surface area contributed by atoms with Crippen molar-refractivity contribution in [2.45, 2.75) is 33.7 Å². The minimum Gasteiger partial charge on any atom is -0.312 e. The van der Waals surface area contributed by atoms with Crippen molar-refractivity contribution in [1.82, 2.24) is 14.5 Å². The summed E-state index contributed by atoms with van der Waals surface area (Å²) in [5.74, 6) is 2.83. The van der Waals surface area contributed by atoms with Gasteiger partial charge in [-0.3, -0.25) is 0 Å². The molecular formula is C14H19BrClN3. The second kappa shape index (κ2) is 6.23. The average molecular weight is 345 g/mol. The van der Waals surface area contributed by atoms with Gasteiger partial charge in [0.25, 0.3) is 0 Å². The minimum atomic E-state index is 0.580. The lowest BCUT2D eigenvalue weighted by molar-refractivity contribution is 0.364. The average Bonchev–Trinajstić information content (AvgIpc) is 2.67. The highest BCUT2D eigenvalue weighted by atomic mass is 79.9. The fraction of sp³-hybridized carbons (Fsp3) is 0.571. The molecule has 2 aromatic rings. The maximum atomic E-state index is 5.88. The lowest BCUT2D eigenvalue weighted by atomic mass is 9.98. The van der Waals surface area contributed by atoms with Crippen LogP contribution in [0.5, 0.6) is 0 Å². The largest absolute Gasteiger partial charge is 0.312 e. The molecule has 0 saturated carbocycles. The lowest BCUT2D eigenvalue weighted by Gasteiger charge is -2.18. The Kier molecular flexibility index (Phi) is 4.85. The zero-order chi connectivity index (χ0) is 14.0. The van der Waals surface area contributed by atoms with Crippen molar-refractivity contribution in [3.05, 3.63) is 22.6 Å². The first-order valence-electron chi connectivity index (χ1n) is 6.59. The molecule has 0 N–H and O–H groups in total. The van der Waals surface area contributed by atoms with Crippen LogP contribution in [0, 0.1) is 11.8 Å². The molecule has 0 fully saturated rings. The van der Waals surface area contributed by atoms with Gasteiger partial charge in [-0.05, 0) is 33.8 Å². The van der Waals surface area contributed by atoms with Gasteiger partial charge in [0, 0.05) is 29.5 Å². The van der Waals surface area contributed by atoms with Crippen molar-refractivity contribution in [1.29, 1.82) is 0 Å². The molecule has 0 aliphatic carbocycles. The summed E-state index contributed by atoms with van der Waals surface area (Å²) < 4.78 is 3.17. The lowest BCUT2D eigenvalue weighted by Crippen LogP contribution is -2.15. The van der Waals surface area contributed by atoms with Crippen LogP contribution < -0.4 is 0 Å². The van der Waals surface area contributed by atoms with Crippen LogP contribution >= 0.6 is 27.5 Å². The summed E-state index contributed by atoms with van der Waals surface area (Å²) in [7, 11) is 0. The van der Waals surface area contributed by atoms with Gasteiger partial charge in [-0.2, -0.15) is 0 Å². The van der Waals surface area contributed by atoms with Crippen LogP contribution in [-0.4, -0.2) is 20.4 Å². The van der Waals surface area contributed by atoms with Gasteiger partial charge in [0.05, 0.1) is 0 Å². The first-order valence-corrected chi connectivity index (χ1v) is 7.92. The normalized spacial score (nSPS) is 13.4. The number of halogens is 2. The van der Waals surface area contributed by atoms with Crippen molar-refractivity contribution in [2.24, 2.45) is 11.8 Å². The van der Waals surface area contributed by atoms with Crippen LogP contribution in [-0.2, 0) is 13.0 Å². The molecule has 0 amide bonds. The summed E-state index contributed by atoms with van der Waals surface area (Å²) in [6.45, 7) is 7.69. The zero-order valence-corrected chi connectivity index (χ0v) is 13.9. The first kappa shape index (κ1) is 14.8. The number of rotatable bonds is 5. The van der Waals surface area contributed by atoms with Crippen LogP contribution in [0.3, 0.4) is 0 Å². The fourth-order valence-corrected chi connectivity index (χ4v) is 2.49. The highest BCUT2D eigenvalue weighted by Crippen LogP contribution is 2.22. The van der Waals surface area contributed by atoms with E-state index in [4.69, 9.17) is 11.6 Å². The summed E-state index contributed by atoms with van der Waals surface area (Å²) in [4.78, 5) is 9.17. The molecule has 0 spiro atoms. The second-order valence-corrected chi connectivity index (χ2v) is 6.59. The van der Waals surface area contributed by atoms with E-state index >= 15 is 0 Å². The molecule has 0 bridgehead atoms. The maximum Gasteiger partial charge on any atom is 0.160 e. The number of hydrogen-bond donors (Lipinski definition) is 0. The summed E-state index contributed by atoms with van der Waals surface area (Å²) in [5.41, 5.74) is 1.89. The van der Waals surface area contributed by atoms with E-state index in [1.165, 1.54) is 0 Å². The van der Waals surface area contributed by atoms with Crippen LogP contribution in [0.15, 0.2) is 16.7 Å². The van der Waals surface area contributed by atoms with E-state index in [-0.39, 0.29) is 0 Å². The number of hydrogen-bond acceptors (Lipinski definition) is 2. The summed E-state index contributed by atoms with van der Waals surface area (Å²) in [5, 5.41) is 0. The predicted molar refractivity (Wildman–Crippen MR) is 83.7 cm³/mol. The third kappa shape index (κ3) is 3.29. The number of alkyl halides is 1. The summed E-state index contributed by atoms with van der Waals surface area (Å²) in [6.07, 6.45) is 2.60. The fourth-order valence-electron chi connectivity index (χ4n) is 2.00. The SMILES string of the molecule is CC(C)C(C)Cn1c(CCCl)nc2cc(Br)cnc21. The Morgan fingerprint density at radius 3 is 2.74 bits per heavy atom. The Balaban J connectivity index is 2.45. The van der Waals surface area contributed by atoms with Crippen LogP contribution in [0.2, 0.25) is 0 Å². The number of imidazole rings is 1. The van der Waals surface area contributed by atoms with Crippen molar-refractivity contribution in [2.75, 3.05) is 5.88 Å². The Labute approximate surface area is 127 Å². The van der Waals surface area contributed by atoms with E-state index in [1.807, 2.05) is 12.3 Å². The van der Waals surface area contributed by atoms with E-state index in [1.54, 1.807) is 0 Å². The van der Waals surface area contributed by atoms with E-state index in [9.17, 15) is 0 Å². The van der Waals surface area contributed by atoms with E-state index in [0.717, 1.165) is 34.4 Å². The van der Waals surface area contributed by atoms with Gasteiger partial charge < -0.3 is 4.57 Å². The van der Waals surface area contributed by atoms with Crippen LogP contribution in [0.4, 0.5) is 0 Å². The van der Waals surface area contributed by atoms with E-state index < -0.39 is 0 Å². The molecule has 104 valence electrons. The molecule has 0 radical (unpaired) electrons. The third-order valence-electron chi connectivity index (χ3n) is 3.56. The first-order chi connectivity index (χ1) is 9.02. The molecule has 0 saturated heterocycles. The van der Waals surface area contributed by atoms with Crippen molar-refractivity contribution >= 4 is 38.7 Å². The molecule has 2 heterocycles. The standard InChI is InChI=1S/C14H19BrClN3/c1-9(2)10(3)8-19-13(4-5-16)18-12-6-11(15)7-17-14(12)19/h6-7,9-10H,4-5,8H2,1-3H3. The number of nitrogens with zero attached hydrogens (tertiary/aromatic N) is 3. The molecule has 0 aliphatic heterocycles. The van der Waals surface area contributed by atoms with Gasteiger partial charge >= 0.3 is 0 Å². The van der Waals surface area contributed by atoms with E-state index in [2.05, 4.69) is 51.2 Å². The topological polar surface area (TPSA) is 30.7 Å². The monoisotopic (exact) mass is 343 g/mol. The van der Waals surface area contributed by atoms with Crippen molar-refractivity contribution < 1.29 is 0 Å². The Morgan fingerprint density at radius 2 is 2.11 bits per heavy atom. The van der Waals surface area contributed by atoms with Gasteiger partial charge in [-0.1, -0.05) is 20.8 Å². The molecule has 1 unspecified atom stereocenters. The molecule has 2 aromatic heterocycles. The van der Waals surface area contributed by atoms with E-state index in [0.29, 0.717) is 17.7 Å². The molecule has 2 rings (SSSR count). The molecular weight excluding hydrogens is 326 g/mol. The Bertz CT molecular complexity index is 565. The molecule has 5 heteroatoms. The van der Waals surface area contributed by atoms with Crippen molar-refractivity contribution in [3.8, 4) is 0 Å². The highest BCUT2D eigenvalue weighted by molar-refractivity contribution is 9.10. The van der Waals surface area contributed by atoms with Gasteiger partial charge in [-0.25, -0.2) is 9.97 Å². The van der Waals surface area contributed by atoms with Gasteiger partial charge in [0.15, 0.2) is 5.65 Å². The highest BCUT2D eigenvalue weighted by Gasteiger charge is 2.16. The Morgan fingerprint density at radius 1 is 1.37 bits per heavy atom.